The number of nitrogens with zero attached hydrogens (tertiary/aromatic N) is 2. The fourth-order valence-corrected chi connectivity index (χ4v) is 4.76. The predicted octanol–water partition coefficient (Wildman–Crippen LogP) is 4.19. The van der Waals surface area contributed by atoms with Crippen molar-refractivity contribution in [3.8, 4) is 5.75 Å². The van der Waals surface area contributed by atoms with E-state index in [1.54, 1.807) is 49.4 Å². The summed E-state index contributed by atoms with van der Waals surface area (Å²) >= 11 is 3.37. The van der Waals surface area contributed by atoms with E-state index in [4.69, 9.17) is 4.74 Å². The maximum Gasteiger partial charge on any atom is 0.264 e. The number of amides is 1. The number of halogens is 1. The van der Waals surface area contributed by atoms with Crippen molar-refractivity contribution in [3.05, 3.63) is 88.9 Å². The first kappa shape index (κ1) is 23.5. The summed E-state index contributed by atoms with van der Waals surface area (Å²) in [5.41, 5.74) is 3.44. The molecule has 0 aliphatic rings. The van der Waals surface area contributed by atoms with Crippen LogP contribution in [0.4, 0.5) is 5.69 Å². The van der Waals surface area contributed by atoms with Crippen LogP contribution in [0.5, 0.6) is 5.75 Å². The average molecular weight is 516 g/mol. The zero-order valence-corrected chi connectivity index (χ0v) is 19.7. The van der Waals surface area contributed by atoms with Gasteiger partial charge in [0.1, 0.15) is 12.3 Å². The van der Waals surface area contributed by atoms with E-state index in [1.165, 1.54) is 18.3 Å². The molecule has 1 amide bonds. The topological polar surface area (TPSA) is 88.1 Å². The molecule has 0 aliphatic carbocycles. The van der Waals surface area contributed by atoms with Crippen LogP contribution in [-0.2, 0) is 14.8 Å². The number of hydrogen-bond donors (Lipinski definition) is 1. The number of carbonyl (C=O) groups excluding carboxylic acids is 1. The third-order valence-corrected chi connectivity index (χ3v) is 6.57. The molecule has 0 unspecified atom stereocenters. The van der Waals surface area contributed by atoms with E-state index in [2.05, 4.69) is 26.5 Å². The highest BCUT2D eigenvalue weighted by molar-refractivity contribution is 9.10. The second-order valence-corrected chi connectivity index (χ2v) is 9.35. The smallest absolute Gasteiger partial charge is 0.264 e. The molecule has 0 fully saturated rings. The molecule has 0 heterocycles. The van der Waals surface area contributed by atoms with Crippen LogP contribution in [0.1, 0.15) is 12.5 Å². The fraction of sp³-hybridized carbons (Fsp3) is 0.130. The summed E-state index contributed by atoms with van der Waals surface area (Å²) in [6.07, 6.45) is 1.48. The molecule has 0 spiro atoms. The minimum atomic E-state index is -4.04. The number of carbonyl (C=O) groups is 1. The number of hydrogen-bond acceptors (Lipinski definition) is 5. The molecular weight excluding hydrogens is 494 g/mol. The first-order chi connectivity index (χ1) is 15.4. The van der Waals surface area contributed by atoms with E-state index >= 15 is 0 Å². The largest absolute Gasteiger partial charge is 0.492 e. The second-order valence-electron chi connectivity index (χ2n) is 6.57. The molecule has 0 saturated carbocycles. The second kappa shape index (κ2) is 10.9. The van der Waals surface area contributed by atoms with Gasteiger partial charge < -0.3 is 4.74 Å². The van der Waals surface area contributed by atoms with Gasteiger partial charge >= 0.3 is 0 Å². The van der Waals surface area contributed by atoms with Crippen LogP contribution in [0.3, 0.4) is 0 Å². The summed E-state index contributed by atoms with van der Waals surface area (Å²) in [6.45, 7) is 1.67. The normalized spacial score (nSPS) is 11.3. The number of sulfonamides is 1. The van der Waals surface area contributed by atoms with Crippen molar-refractivity contribution in [2.24, 2.45) is 5.10 Å². The Balaban J connectivity index is 1.89. The Morgan fingerprint density at radius 2 is 1.78 bits per heavy atom. The van der Waals surface area contributed by atoms with Gasteiger partial charge in [0.05, 0.1) is 23.4 Å². The number of nitrogens with one attached hydrogen (secondary N) is 1. The van der Waals surface area contributed by atoms with Crippen LogP contribution in [0, 0.1) is 0 Å². The number of rotatable bonds is 9. The van der Waals surface area contributed by atoms with Gasteiger partial charge in [-0.3, -0.25) is 9.10 Å². The summed E-state index contributed by atoms with van der Waals surface area (Å²) in [7, 11) is -4.04. The zero-order chi connectivity index (χ0) is 23.0. The van der Waals surface area contributed by atoms with Crippen LogP contribution in [0.2, 0.25) is 0 Å². The van der Waals surface area contributed by atoms with Crippen LogP contribution < -0.4 is 14.5 Å². The highest BCUT2D eigenvalue weighted by atomic mass is 79.9. The Bertz CT molecular complexity index is 1200. The minimum absolute atomic E-state index is 0.0664. The average Bonchev–Trinajstić information content (AvgIpc) is 2.79. The lowest BCUT2D eigenvalue weighted by Crippen LogP contribution is -2.39. The van der Waals surface area contributed by atoms with Crippen LogP contribution in [0.15, 0.2) is 93.3 Å². The number of hydrazone groups is 1. The van der Waals surface area contributed by atoms with Crippen molar-refractivity contribution in [2.45, 2.75) is 11.8 Å². The van der Waals surface area contributed by atoms with E-state index in [0.717, 1.165) is 14.3 Å². The lowest BCUT2D eigenvalue weighted by atomic mass is 10.2. The van der Waals surface area contributed by atoms with Gasteiger partial charge in [0.25, 0.3) is 15.9 Å². The summed E-state index contributed by atoms with van der Waals surface area (Å²) in [5.74, 6) is -0.234. The highest BCUT2D eigenvalue weighted by Gasteiger charge is 2.29. The van der Waals surface area contributed by atoms with E-state index in [1.807, 2.05) is 24.3 Å². The van der Waals surface area contributed by atoms with Crippen LogP contribution in [-0.4, -0.2) is 33.7 Å². The van der Waals surface area contributed by atoms with Crippen molar-refractivity contribution in [1.82, 2.24) is 5.43 Å². The quantitative estimate of drug-likeness (QED) is 0.341. The molecule has 0 saturated heterocycles. The van der Waals surface area contributed by atoms with Gasteiger partial charge in [-0.2, -0.15) is 5.10 Å². The molecule has 3 aromatic carbocycles. The van der Waals surface area contributed by atoms with Crippen LogP contribution in [0.25, 0.3) is 0 Å². The van der Waals surface area contributed by atoms with Crippen molar-refractivity contribution in [3.63, 3.8) is 0 Å². The molecule has 1 N–H and O–H groups in total. The van der Waals surface area contributed by atoms with Gasteiger partial charge in [0.15, 0.2) is 0 Å². The Hall–Kier alpha value is -3.17. The Morgan fingerprint density at radius 1 is 1.06 bits per heavy atom. The molecule has 0 aromatic heterocycles. The van der Waals surface area contributed by atoms with Gasteiger partial charge in [-0.1, -0.05) is 58.4 Å². The first-order valence-corrected chi connectivity index (χ1v) is 12.0. The SMILES string of the molecule is CCOc1ccccc1N(CC(=O)NN=Cc1cccc(Br)c1)S(=O)(=O)c1ccccc1. The lowest BCUT2D eigenvalue weighted by molar-refractivity contribution is -0.119. The summed E-state index contributed by atoms with van der Waals surface area (Å²) in [4.78, 5) is 12.7. The molecule has 7 nitrogen and oxygen atoms in total. The predicted molar refractivity (Wildman–Crippen MR) is 128 cm³/mol. The number of benzene rings is 3. The van der Waals surface area contributed by atoms with Gasteiger partial charge in [-0.25, -0.2) is 13.8 Å². The molecule has 32 heavy (non-hydrogen) atoms. The molecule has 0 atom stereocenters. The molecular formula is C23H22BrN3O4S. The monoisotopic (exact) mass is 515 g/mol. The van der Waals surface area contributed by atoms with Gasteiger partial charge in [-0.05, 0) is 48.9 Å². The van der Waals surface area contributed by atoms with Crippen LogP contribution >= 0.6 is 15.9 Å². The molecule has 0 aliphatic heterocycles. The van der Waals surface area contributed by atoms with E-state index in [-0.39, 0.29) is 10.6 Å². The molecule has 9 heteroatoms. The van der Waals surface area contributed by atoms with Crippen molar-refractivity contribution >= 4 is 43.8 Å². The van der Waals surface area contributed by atoms with Crippen molar-refractivity contribution in [1.29, 1.82) is 0 Å². The lowest BCUT2D eigenvalue weighted by Gasteiger charge is -2.25. The van der Waals surface area contributed by atoms with Gasteiger partial charge in [0.2, 0.25) is 0 Å². The highest BCUT2D eigenvalue weighted by Crippen LogP contribution is 2.32. The van der Waals surface area contributed by atoms with E-state index in [0.29, 0.717) is 12.4 Å². The molecule has 0 radical (unpaired) electrons. The maximum absolute atomic E-state index is 13.4. The number of para-hydroxylation sites is 2. The molecule has 166 valence electrons. The fourth-order valence-electron chi connectivity index (χ4n) is 2.89. The van der Waals surface area contributed by atoms with E-state index in [9.17, 15) is 13.2 Å². The minimum Gasteiger partial charge on any atom is -0.492 e. The molecule has 0 bridgehead atoms. The first-order valence-electron chi connectivity index (χ1n) is 9.79. The number of ether oxygens (including phenoxy) is 1. The summed E-state index contributed by atoms with van der Waals surface area (Å²) < 4.78 is 34.3. The Labute approximate surface area is 195 Å². The van der Waals surface area contributed by atoms with Crippen molar-refractivity contribution < 1.29 is 17.9 Å². The Kier molecular flexibility index (Phi) is 8.02. The molecule has 3 rings (SSSR count). The third-order valence-electron chi connectivity index (χ3n) is 4.30. The van der Waals surface area contributed by atoms with Crippen molar-refractivity contribution in [2.75, 3.05) is 17.5 Å². The van der Waals surface area contributed by atoms with Gasteiger partial charge in [-0.15, -0.1) is 0 Å². The van der Waals surface area contributed by atoms with Gasteiger partial charge in [0, 0.05) is 4.47 Å². The maximum atomic E-state index is 13.4. The Morgan fingerprint density at radius 3 is 2.50 bits per heavy atom. The standard InChI is InChI=1S/C23H22BrN3O4S/c1-2-31-22-14-7-6-13-21(22)27(32(29,30)20-11-4-3-5-12-20)17-23(28)26-25-16-18-9-8-10-19(24)15-18/h3-16H,2,17H2,1H3,(H,26,28). The number of anilines is 1. The molecule has 3 aromatic rings. The van der Waals surface area contributed by atoms with E-state index < -0.39 is 22.5 Å². The summed E-state index contributed by atoms with van der Waals surface area (Å²) in [6, 6.07) is 22.0. The zero-order valence-electron chi connectivity index (χ0n) is 17.3. The summed E-state index contributed by atoms with van der Waals surface area (Å²) in [5, 5.41) is 3.94. The third kappa shape index (κ3) is 5.95.